The molecule has 3 heteroatoms. The Morgan fingerprint density at radius 2 is 2.13 bits per heavy atom. The Kier molecular flexibility index (Phi) is 1.81. The molecule has 3 rings (SSSR count). The van der Waals surface area contributed by atoms with Gasteiger partial charge >= 0.3 is 0 Å². The van der Waals surface area contributed by atoms with Gasteiger partial charge in [-0.25, -0.2) is 0 Å². The Hall–Kier alpha value is -1.38. The van der Waals surface area contributed by atoms with Crippen molar-refractivity contribution in [1.29, 1.82) is 0 Å². The van der Waals surface area contributed by atoms with Gasteiger partial charge in [0.05, 0.1) is 5.56 Å². The molecule has 0 saturated heterocycles. The van der Waals surface area contributed by atoms with Crippen LogP contribution in [0.1, 0.15) is 46.9 Å². The number of pyridine rings is 1. The Balaban J connectivity index is 2.29. The summed E-state index contributed by atoms with van der Waals surface area (Å²) in [5, 5.41) is 0. The first kappa shape index (κ1) is 8.89. The number of aryl methyl sites for hydroxylation is 1. The van der Waals surface area contributed by atoms with E-state index in [1.165, 1.54) is 11.3 Å². The average Bonchev–Trinajstić information content (AvgIpc) is 2.95. The van der Waals surface area contributed by atoms with E-state index in [1.807, 2.05) is 4.57 Å². The molecular formula is C12H13NO2. The summed E-state index contributed by atoms with van der Waals surface area (Å²) in [6.45, 7) is 0. The van der Waals surface area contributed by atoms with Gasteiger partial charge in [0.15, 0.2) is 6.29 Å². The summed E-state index contributed by atoms with van der Waals surface area (Å²) in [5.74, 6) is 0. The average molecular weight is 203 g/mol. The number of fused-ring (bicyclic) bond motifs is 1. The highest BCUT2D eigenvalue weighted by molar-refractivity contribution is 5.74. The van der Waals surface area contributed by atoms with Crippen molar-refractivity contribution in [2.75, 3.05) is 0 Å². The number of aromatic nitrogens is 1. The first-order valence-electron chi connectivity index (χ1n) is 5.53. The van der Waals surface area contributed by atoms with Crippen molar-refractivity contribution in [3.8, 4) is 0 Å². The van der Waals surface area contributed by atoms with Crippen molar-refractivity contribution in [1.82, 2.24) is 4.57 Å². The fraction of sp³-hybridized carbons (Fsp3) is 0.500. The monoisotopic (exact) mass is 203 g/mol. The summed E-state index contributed by atoms with van der Waals surface area (Å²) < 4.78 is 1.88. The van der Waals surface area contributed by atoms with Gasteiger partial charge in [0.1, 0.15) is 0 Å². The van der Waals surface area contributed by atoms with E-state index in [1.54, 1.807) is 6.07 Å². The zero-order valence-corrected chi connectivity index (χ0v) is 8.53. The molecule has 3 nitrogen and oxygen atoms in total. The van der Waals surface area contributed by atoms with Crippen LogP contribution in [0.5, 0.6) is 0 Å². The molecule has 0 aliphatic heterocycles. The molecule has 0 aromatic carbocycles. The van der Waals surface area contributed by atoms with Crippen LogP contribution >= 0.6 is 0 Å². The topological polar surface area (TPSA) is 39.1 Å². The first-order chi connectivity index (χ1) is 7.31. The van der Waals surface area contributed by atoms with Crippen LogP contribution < -0.4 is 5.56 Å². The minimum atomic E-state index is -0.0758. The van der Waals surface area contributed by atoms with Gasteiger partial charge in [-0.2, -0.15) is 0 Å². The number of nitrogens with zero attached hydrogens (tertiary/aromatic N) is 1. The Bertz CT molecular complexity index is 483. The van der Waals surface area contributed by atoms with E-state index in [9.17, 15) is 9.59 Å². The highest BCUT2D eigenvalue weighted by Gasteiger charge is 2.30. The van der Waals surface area contributed by atoms with Crippen LogP contribution in [0.15, 0.2) is 10.9 Å². The molecule has 0 unspecified atom stereocenters. The lowest BCUT2D eigenvalue weighted by molar-refractivity contribution is 0.112. The van der Waals surface area contributed by atoms with Gasteiger partial charge in [-0.15, -0.1) is 0 Å². The zero-order chi connectivity index (χ0) is 10.4. The maximum atomic E-state index is 12.0. The molecule has 2 aliphatic rings. The van der Waals surface area contributed by atoms with Gasteiger partial charge in [0.25, 0.3) is 5.56 Å². The predicted octanol–water partition coefficient (Wildman–Crippen LogP) is 1.48. The number of aldehydes is 1. The van der Waals surface area contributed by atoms with E-state index in [4.69, 9.17) is 0 Å². The second kappa shape index (κ2) is 3.05. The molecule has 0 radical (unpaired) electrons. The lowest BCUT2D eigenvalue weighted by Crippen LogP contribution is -2.26. The van der Waals surface area contributed by atoms with Crippen molar-refractivity contribution in [2.24, 2.45) is 0 Å². The van der Waals surface area contributed by atoms with Crippen LogP contribution in [-0.2, 0) is 12.8 Å². The van der Waals surface area contributed by atoms with E-state index < -0.39 is 0 Å². The second-order valence-electron chi connectivity index (χ2n) is 4.45. The molecule has 15 heavy (non-hydrogen) atoms. The molecule has 1 fully saturated rings. The van der Waals surface area contributed by atoms with Crippen LogP contribution in [0.4, 0.5) is 0 Å². The molecule has 0 bridgehead atoms. The van der Waals surface area contributed by atoms with Gasteiger partial charge in [-0.05, 0) is 43.7 Å². The predicted molar refractivity (Wildman–Crippen MR) is 56.4 cm³/mol. The zero-order valence-electron chi connectivity index (χ0n) is 8.53. The smallest absolute Gasteiger partial charge is 0.261 e. The van der Waals surface area contributed by atoms with E-state index in [-0.39, 0.29) is 5.56 Å². The van der Waals surface area contributed by atoms with E-state index >= 15 is 0 Å². The number of rotatable bonds is 2. The van der Waals surface area contributed by atoms with Crippen LogP contribution in [0.3, 0.4) is 0 Å². The molecule has 1 aromatic heterocycles. The third kappa shape index (κ3) is 1.26. The summed E-state index contributed by atoms with van der Waals surface area (Å²) in [6, 6.07) is 2.17. The van der Waals surface area contributed by atoms with Crippen molar-refractivity contribution < 1.29 is 4.79 Å². The molecule has 78 valence electrons. The molecular weight excluding hydrogens is 190 g/mol. The molecule has 1 saturated carbocycles. The standard InChI is InChI=1S/C12H13NO2/c14-7-9-6-8-2-1-3-11(8)13(12(9)15)10-4-5-10/h6-7,10H,1-5H2. The molecule has 0 atom stereocenters. The summed E-state index contributed by atoms with van der Waals surface area (Å²) in [6.07, 6.45) is 6.01. The molecule has 1 heterocycles. The molecule has 2 aliphatic carbocycles. The lowest BCUT2D eigenvalue weighted by Gasteiger charge is -2.11. The molecule has 0 spiro atoms. The fourth-order valence-corrected chi connectivity index (χ4v) is 2.50. The number of carbonyl (C=O) groups is 1. The Morgan fingerprint density at radius 3 is 2.80 bits per heavy atom. The van der Waals surface area contributed by atoms with Gasteiger partial charge < -0.3 is 4.57 Å². The number of hydrogen-bond acceptors (Lipinski definition) is 2. The van der Waals surface area contributed by atoms with Crippen LogP contribution in [0.2, 0.25) is 0 Å². The minimum Gasteiger partial charge on any atom is -0.309 e. The normalized spacial score (nSPS) is 18.9. The second-order valence-corrected chi connectivity index (χ2v) is 4.45. The lowest BCUT2D eigenvalue weighted by atomic mass is 10.1. The van der Waals surface area contributed by atoms with Crippen LogP contribution in [0.25, 0.3) is 0 Å². The third-order valence-corrected chi connectivity index (χ3v) is 3.36. The first-order valence-corrected chi connectivity index (χ1v) is 5.53. The maximum absolute atomic E-state index is 12.0. The quantitative estimate of drug-likeness (QED) is 0.683. The van der Waals surface area contributed by atoms with E-state index in [0.29, 0.717) is 17.9 Å². The van der Waals surface area contributed by atoms with Crippen LogP contribution in [0, 0.1) is 0 Å². The third-order valence-electron chi connectivity index (χ3n) is 3.36. The van der Waals surface area contributed by atoms with Gasteiger partial charge in [-0.1, -0.05) is 0 Å². The molecule has 0 N–H and O–H groups in total. The summed E-state index contributed by atoms with van der Waals surface area (Å²) in [7, 11) is 0. The van der Waals surface area contributed by atoms with Gasteiger partial charge in [0, 0.05) is 11.7 Å². The maximum Gasteiger partial charge on any atom is 0.261 e. The van der Waals surface area contributed by atoms with Crippen molar-refractivity contribution >= 4 is 6.29 Å². The fourth-order valence-electron chi connectivity index (χ4n) is 2.50. The minimum absolute atomic E-state index is 0.0758. The van der Waals surface area contributed by atoms with Crippen LogP contribution in [-0.4, -0.2) is 10.9 Å². The van der Waals surface area contributed by atoms with E-state index in [0.717, 1.165) is 32.1 Å². The van der Waals surface area contributed by atoms with Crippen molar-refractivity contribution in [3.63, 3.8) is 0 Å². The summed E-state index contributed by atoms with van der Waals surface area (Å²) in [5.41, 5.74) is 2.66. The summed E-state index contributed by atoms with van der Waals surface area (Å²) in [4.78, 5) is 22.8. The molecule has 1 aromatic rings. The molecule has 0 amide bonds. The van der Waals surface area contributed by atoms with Gasteiger partial charge in [-0.3, -0.25) is 9.59 Å². The largest absolute Gasteiger partial charge is 0.309 e. The van der Waals surface area contributed by atoms with Gasteiger partial charge in [0.2, 0.25) is 0 Å². The Morgan fingerprint density at radius 1 is 1.33 bits per heavy atom. The van der Waals surface area contributed by atoms with Crippen molar-refractivity contribution in [2.45, 2.75) is 38.1 Å². The number of hydrogen-bond donors (Lipinski definition) is 0. The highest BCUT2D eigenvalue weighted by atomic mass is 16.1. The number of carbonyl (C=O) groups excluding carboxylic acids is 1. The highest BCUT2D eigenvalue weighted by Crippen LogP contribution is 2.36. The van der Waals surface area contributed by atoms with Crippen molar-refractivity contribution in [3.05, 3.63) is 33.2 Å². The Labute approximate surface area is 87.7 Å². The SMILES string of the molecule is O=Cc1cc2c(n(C3CC3)c1=O)CCC2. The summed E-state index contributed by atoms with van der Waals surface area (Å²) >= 11 is 0. The van der Waals surface area contributed by atoms with E-state index in [2.05, 4.69) is 0 Å².